The number of ether oxygens (including phenoxy) is 1. The van der Waals surface area contributed by atoms with Gasteiger partial charge in [-0.15, -0.1) is 0 Å². The quantitative estimate of drug-likeness (QED) is 0.694. The summed E-state index contributed by atoms with van der Waals surface area (Å²) in [4.78, 5) is 2.65. The zero-order valence-electron chi connectivity index (χ0n) is 8.96. The predicted octanol–water partition coefficient (Wildman–Crippen LogP) is 0.459. The van der Waals surface area contributed by atoms with E-state index in [0.717, 1.165) is 26.2 Å². The van der Waals surface area contributed by atoms with Gasteiger partial charge in [-0.25, -0.2) is 0 Å². The molecule has 2 saturated heterocycles. The van der Waals surface area contributed by atoms with Crippen LogP contribution in [0, 0.1) is 5.41 Å². The Labute approximate surface area is 85.8 Å². The van der Waals surface area contributed by atoms with E-state index in [-0.39, 0.29) is 0 Å². The highest BCUT2D eigenvalue weighted by molar-refractivity contribution is 4.98. The monoisotopic (exact) mass is 196 g/mol. The molecule has 0 aromatic heterocycles. The van der Waals surface area contributed by atoms with Crippen LogP contribution < -0.4 is 5.32 Å². The minimum atomic E-state index is 0.464. The molecule has 0 spiro atoms. The molecule has 3 rings (SSSR count). The molecule has 3 aliphatic rings. The van der Waals surface area contributed by atoms with Crippen LogP contribution in [0.25, 0.3) is 0 Å². The molecule has 14 heavy (non-hydrogen) atoms. The summed E-state index contributed by atoms with van der Waals surface area (Å²) in [5.41, 5.74) is 0.643. The lowest BCUT2D eigenvalue weighted by Crippen LogP contribution is -2.52. The first kappa shape index (κ1) is 9.13. The Kier molecular flexibility index (Phi) is 2.08. The first-order valence-electron chi connectivity index (χ1n) is 5.83. The van der Waals surface area contributed by atoms with Gasteiger partial charge < -0.3 is 10.1 Å². The fourth-order valence-electron chi connectivity index (χ4n) is 2.72. The molecule has 3 heteroatoms. The van der Waals surface area contributed by atoms with Crippen molar-refractivity contribution in [2.45, 2.75) is 31.9 Å². The van der Waals surface area contributed by atoms with Gasteiger partial charge in [0.15, 0.2) is 0 Å². The molecular weight excluding hydrogens is 176 g/mol. The summed E-state index contributed by atoms with van der Waals surface area (Å²) in [6.45, 7) is 7.95. The van der Waals surface area contributed by atoms with Gasteiger partial charge in [0.1, 0.15) is 0 Å². The van der Waals surface area contributed by atoms with E-state index in [1.807, 2.05) is 0 Å². The topological polar surface area (TPSA) is 24.5 Å². The average Bonchev–Trinajstić information content (AvgIpc) is 2.73. The molecule has 0 aromatic rings. The van der Waals surface area contributed by atoms with Gasteiger partial charge in [0.25, 0.3) is 0 Å². The Morgan fingerprint density at radius 2 is 2.29 bits per heavy atom. The summed E-state index contributed by atoms with van der Waals surface area (Å²) in [5, 5.41) is 3.43. The number of rotatable bonds is 2. The lowest BCUT2D eigenvalue weighted by atomic mass is 10.1. The van der Waals surface area contributed by atoms with Gasteiger partial charge in [-0.1, -0.05) is 6.92 Å². The van der Waals surface area contributed by atoms with E-state index >= 15 is 0 Å². The second-order valence-corrected chi connectivity index (χ2v) is 5.42. The van der Waals surface area contributed by atoms with E-state index < -0.39 is 0 Å². The van der Waals surface area contributed by atoms with E-state index in [1.54, 1.807) is 0 Å². The Morgan fingerprint density at radius 3 is 3.07 bits per heavy atom. The molecule has 2 unspecified atom stereocenters. The van der Waals surface area contributed by atoms with E-state index in [9.17, 15) is 0 Å². The van der Waals surface area contributed by atoms with Gasteiger partial charge in [-0.2, -0.15) is 0 Å². The van der Waals surface area contributed by atoms with Crippen LogP contribution in [0.2, 0.25) is 0 Å². The second kappa shape index (κ2) is 3.19. The molecule has 1 N–H and O–H groups in total. The van der Waals surface area contributed by atoms with Crippen molar-refractivity contribution >= 4 is 0 Å². The highest BCUT2D eigenvalue weighted by atomic mass is 16.5. The van der Waals surface area contributed by atoms with Crippen LogP contribution in [0.5, 0.6) is 0 Å². The molecule has 3 fully saturated rings. The van der Waals surface area contributed by atoms with Crippen molar-refractivity contribution in [3.8, 4) is 0 Å². The van der Waals surface area contributed by atoms with Gasteiger partial charge in [0.05, 0.1) is 12.7 Å². The van der Waals surface area contributed by atoms with Gasteiger partial charge in [0, 0.05) is 32.2 Å². The number of nitrogens with one attached hydrogen (secondary N) is 1. The maximum Gasteiger partial charge on any atom is 0.0867 e. The van der Waals surface area contributed by atoms with Crippen LogP contribution in [0.1, 0.15) is 19.8 Å². The number of hydrogen-bond donors (Lipinski definition) is 1. The van der Waals surface area contributed by atoms with Crippen LogP contribution in [0.15, 0.2) is 0 Å². The largest absolute Gasteiger partial charge is 0.374 e. The normalized spacial score (nSPS) is 40.9. The van der Waals surface area contributed by atoms with Crippen molar-refractivity contribution in [1.82, 2.24) is 10.2 Å². The van der Waals surface area contributed by atoms with Gasteiger partial charge >= 0.3 is 0 Å². The maximum atomic E-state index is 5.76. The van der Waals surface area contributed by atoms with Crippen molar-refractivity contribution < 1.29 is 4.74 Å². The van der Waals surface area contributed by atoms with Gasteiger partial charge in [-0.05, 0) is 18.3 Å². The first-order valence-corrected chi connectivity index (χ1v) is 5.83. The van der Waals surface area contributed by atoms with Crippen LogP contribution in [-0.4, -0.2) is 49.8 Å². The average molecular weight is 196 g/mol. The molecule has 1 saturated carbocycles. The molecular formula is C11H20N2O. The molecule has 1 aliphatic carbocycles. The predicted molar refractivity (Wildman–Crippen MR) is 55.3 cm³/mol. The third kappa shape index (κ3) is 1.58. The molecule has 2 atom stereocenters. The number of morpholine rings is 1. The highest BCUT2D eigenvalue weighted by Crippen LogP contribution is 2.46. The zero-order valence-corrected chi connectivity index (χ0v) is 8.96. The minimum Gasteiger partial charge on any atom is -0.374 e. The maximum absolute atomic E-state index is 5.76. The summed E-state index contributed by atoms with van der Waals surface area (Å²) in [5.74, 6) is 0. The fourth-order valence-corrected chi connectivity index (χ4v) is 2.72. The first-order chi connectivity index (χ1) is 6.77. The second-order valence-electron chi connectivity index (χ2n) is 5.42. The fraction of sp³-hybridized carbons (Fsp3) is 1.00. The number of fused-ring (bicyclic) bond motifs is 1. The molecule has 0 radical (unpaired) electrons. The third-order valence-electron chi connectivity index (χ3n) is 4.00. The summed E-state index contributed by atoms with van der Waals surface area (Å²) in [6.07, 6.45) is 3.32. The molecule has 80 valence electrons. The molecule has 0 amide bonds. The van der Waals surface area contributed by atoms with E-state index in [0.29, 0.717) is 17.6 Å². The van der Waals surface area contributed by atoms with Crippen LogP contribution in [0.3, 0.4) is 0 Å². The third-order valence-corrected chi connectivity index (χ3v) is 4.00. The molecule has 0 bridgehead atoms. The SMILES string of the molecule is CC1(CN2CCOC3CNCC32)CC1. The lowest BCUT2D eigenvalue weighted by molar-refractivity contribution is -0.0522. The van der Waals surface area contributed by atoms with Gasteiger partial charge in [-0.3, -0.25) is 4.90 Å². The summed E-state index contributed by atoms with van der Waals surface area (Å²) < 4.78 is 5.76. The summed E-state index contributed by atoms with van der Waals surface area (Å²) in [6, 6.07) is 0.654. The smallest absolute Gasteiger partial charge is 0.0867 e. The Hall–Kier alpha value is -0.120. The van der Waals surface area contributed by atoms with Crippen molar-refractivity contribution in [2.75, 3.05) is 32.8 Å². The summed E-state index contributed by atoms with van der Waals surface area (Å²) in [7, 11) is 0. The van der Waals surface area contributed by atoms with Crippen molar-refractivity contribution in [2.24, 2.45) is 5.41 Å². The Morgan fingerprint density at radius 1 is 1.43 bits per heavy atom. The summed E-state index contributed by atoms with van der Waals surface area (Å²) >= 11 is 0. The Balaban J connectivity index is 1.65. The van der Waals surface area contributed by atoms with Crippen molar-refractivity contribution in [1.29, 1.82) is 0 Å². The highest BCUT2D eigenvalue weighted by Gasteiger charge is 2.43. The van der Waals surface area contributed by atoms with Crippen molar-refractivity contribution in [3.63, 3.8) is 0 Å². The van der Waals surface area contributed by atoms with E-state index in [1.165, 1.54) is 19.4 Å². The van der Waals surface area contributed by atoms with E-state index in [4.69, 9.17) is 4.74 Å². The number of hydrogen-bond acceptors (Lipinski definition) is 3. The molecule has 2 heterocycles. The van der Waals surface area contributed by atoms with Crippen LogP contribution in [0.4, 0.5) is 0 Å². The molecule has 0 aromatic carbocycles. The van der Waals surface area contributed by atoms with Crippen molar-refractivity contribution in [3.05, 3.63) is 0 Å². The molecule has 2 aliphatic heterocycles. The molecule has 3 nitrogen and oxygen atoms in total. The number of nitrogens with zero attached hydrogens (tertiary/aromatic N) is 1. The van der Waals surface area contributed by atoms with Crippen LogP contribution >= 0.6 is 0 Å². The van der Waals surface area contributed by atoms with Crippen LogP contribution in [-0.2, 0) is 4.74 Å². The Bertz CT molecular complexity index is 227. The van der Waals surface area contributed by atoms with E-state index in [2.05, 4.69) is 17.1 Å². The standard InChI is InChI=1S/C11H20N2O/c1-11(2-3-11)8-13-4-5-14-10-7-12-6-9(10)13/h9-10,12H,2-8H2,1H3. The van der Waals surface area contributed by atoms with Gasteiger partial charge in [0.2, 0.25) is 0 Å². The minimum absolute atomic E-state index is 0.464. The zero-order chi connectivity index (χ0) is 9.60. The lowest BCUT2D eigenvalue weighted by Gasteiger charge is -2.38.